The molecule has 2 aliphatic rings. The normalized spacial score (nSPS) is 27.9. The van der Waals surface area contributed by atoms with Gasteiger partial charge in [0, 0.05) is 6.61 Å². The number of imide groups is 1. The molecule has 0 spiro atoms. The van der Waals surface area contributed by atoms with Crippen molar-refractivity contribution in [3.63, 3.8) is 0 Å². The van der Waals surface area contributed by atoms with E-state index in [4.69, 9.17) is 4.74 Å². The number of carbonyl (C=O) groups is 2. The summed E-state index contributed by atoms with van der Waals surface area (Å²) in [6.07, 6.45) is 2.48. The Morgan fingerprint density at radius 2 is 2.00 bits per heavy atom. The molecule has 108 valence electrons. The van der Waals surface area contributed by atoms with Gasteiger partial charge < -0.3 is 10.1 Å². The van der Waals surface area contributed by atoms with Gasteiger partial charge in [0.05, 0.1) is 13.2 Å². The molecule has 1 aliphatic heterocycles. The van der Waals surface area contributed by atoms with Crippen LogP contribution in [0.25, 0.3) is 0 Å². The predicted octanol–water partition coefficient (Wildman–Crippen LogP) is 1.77. The van der Waals surface area contributed by atoms with E-state index in [0.29, 0.717) is 19.1 Å². The van der Waals surface area contributed by atoms with E-state index in [0.717, 1.165) is 6.61 Å². The highest BCUT2D eigenvalue weighted by molar-refractivity contribution is 6.07. The maximum absolute atomic E-state index is 12.4. The zero-order valence-corrected chi connectivity index (χ0v) is 12.3. The second-order valence-corrected chi connectivity index (χ2v) is 6.78. The van der Waals surface area contributed by atoms with Crippen LogP contribution in [0.15, 0.2) is 0 Å². The monoisotopic (exact) mass is 268 g/mol. The van der Waals surface area contributed by atoms with Crippen LogP contribution in [0.1, 0.15) is 40.5 Å². The van der Waals surface area contributed by atoms with Crippen LogP contribution in [0.5, 0.6) is 0 Å². The molecule has 1 saturated carbocycles. The molecular formula is C14H24N2O3. The van der Waals surface area contributed by atoms with E-state index in [1.807, 2.05) is 20.8 Å². The molecule has 0 aromatic carbocycles. The number of nitrogens with one attached hydrogen (secondary N) is 1. The largest absolute Gasteiger partial charge is 0.379 e. The third-order valence-corrected chi connectivity index (χ3v) is 4.28. The lowest BCUT2D eigenvalue weighted by Gasteiger charge is -2.35. The molecule has 0 bridgehead atoms. The molecule has 19 heavy (non-hydrogen) atoms. The molecule has 1 aliphatic carbocycles. The van der Waals surface area contributed by atoms with Crippen molar-refractivity contribution in [1.82, 2.24) is 10.2 Å². The van der Waals surface area contributed by atoms with Crippen LogP contribution >= 0.6 is 0 Å². The Kier molecular flexibility index (Phi) is 3.60. The van der Waals surface area contributed by atoms with Gasteiger partial charge in [-0.1, -0.05) is 20.8 Å². The number of ether oxygens (including phenoxy) is 1. The fourth-order valence-electron chi connectivity index (χ4n) is 2.10. The van der Waals surface area contributed by atoms with Crippen molar-refractivity contribution in [1.29, 1.82) is 0 Å². The van der Waals surface area contributed by atoms with Crippen LogP contribution in [-0.2, 0) is 9.53 Å². The molecule has 0 aromatic rings. The number of hydrogen-bond acceptors (Lipinski definition) is 3. The SMILES string of the molecule is CC(C)(C)[C@@]1(C)NC(=O)N(CCOCC2CC2)C1=O. The summed E-state index contributed by atoms with van der Waals surface area (Å²) >= 11 is 0. The first-order chi connectivity index (χ1) is 8.75. The summed E-state index contributed by atoms with van der Waals surface area (Å²) in [4.78, 5) is 25.6. The van der Waals surface area contributed by atoms with Crippen LogP contribution in [0, 0.1) is 11.3 Å². The van der Waals surface area contributed by atoms with E-state index < -0.39 is 5.54 Å². The molecule has 2 rings (SSSR count). The van der Waals surface area contributed by atoms with E-state index >= 15 is 0 Å². The van der Waals surface area contributed by atoms with Crippen molar-refractivity contribution in [2.24, 2.45) is 11.3 Å². The standard InChI is InChI=1S/C14H24N2O3/c1-13(2,3)14(4)11(17)16(12(18)15-14)7-8-19-9-10-5-6-10/h10H,5-9H2,1-4H3,(H,15,18)/t14-/m0/s1. The Morgan fingerprint density at radius 1 is 1.37 bits per heavy atom. The van der Waals surface area contributed by atoms with Gasteiger partial charge in [0.1, 0.15) is 5.54 Å². The van der Waals surface area contributed by atoms with Gasteiger partial charge in [0.2, 0.25) is 0 Å². The van der Waals surface area contributed by atoms with Gasteiger partial charge in [-0.3, -0.25) is 9.69 Å². The topological polar surface area (TPSA) is 58.6 Å². The maximum Gasteiger partial charge on any atom is 0.325 e. The first kappa shape index (κ1) is 14.3. The van der Waals surface area contributed by atoms with Gasteiger partial charge in [-0.25, -0.2) is 4.79 Å². The lowest BCUT2D eigenvalue weighted by molar-refractivity contribution is -0.134. The smallest absolute Gasteiger partial charge is 0.325 e. The number of nitrogens with zero attached hydrogens (tertiary/aromatic N) is 1. The summed E-state index contributed by atoms with van der Waals surface area (Å²) in [7, 11) is 0. The van der Waals surface area contributed by atoms with Crippen LogP contribution < -0.4 is 5.32 Å². The van der Waals surface area contributed by atoms with Crippen molar-refractivity contribution in [2.45, 2.75) is 46.1 Å². The fourth-order valence-corrected chi connectivity index (χ4v) is 2.10. The molecule has 3 amide bonds. The van der Waals surface area contributed by atoms with Crippen molar-refractivity contribution in [3.8, 4) is 0 Å². The summed E-state index contributed by atoms with van der Waals surface area (Å²) in [5.41, 5.74) is -1.15. The molecule has 0 unspecified atom stereocenters. The van der Waals surface area contributed by atoms with Crippen LogP contribution in [0.2, 0.25) is 0 Å². The van der Waals surface area contributed by atoms with Crippen molar-refractivity contribution in [2.75, 3.05) is 19.8 Å². The molecule has 2 fully saturated rings. The Morgan fingerprint density at radius 3 is 2.47 bits per heavy atom. The third kappa shape index (κ3) is 2.76. The van der Waals surface area contributed by atoms with E-state index in [9.17, 15) is 9.59 Å². The number of amides is 3. The number of urea groups is 1. The van der Waals surface area contributed by atoms with Crippen molar-refractivity contribution >= 4 is 11.9 Å². The zero-order chi connectivity index (χ0) is 14.3. The van der Waals surface area contributed by atoms with Gasteiger partial charge in [-0.2, -0.15) is 0 Å². The second-order valence-electron chi connectivity index (χ2n) is 6.78. The predicted molar refractivity (Wildman–Crippen MR) is 71.6 cm³/mol. The van der Waals surface area contributed by atoms with Gasteiger partial charge in [0.15, 0.2) is 0 Å². The summed E-state index contributed by atoms with van der Waals surface area (Å²) < 4.78 is 5.50. The van der Waals surface area contributed by atoms with Crippen molar-refractivity contribution in [3.05, 3.63) is 0 Å². The Hall–Kier alpha value is -1.10. The van der Waals surface area contributed by atoms with Crippen LogP contribution in [-0.4, -0.2) is 42.1 Å². The Balaban J connectivity index is 1.90. The van der Waals surface area contributed by atoms with Crippen molar-refractivity contribution < 1.29 is 14.3 Å². The van der Waals surface area contributed by atoms with Crippen LogP contribution in [0.3, 0.4) is 0 Å². The zero-order valence-electron chi connectivity index (χ0n) is 12.3. The van der Waals surface area contributed by atoms with E-state index in [1.54, 1.807) is 6.92 Å². The van der Waals surface area contributed by atoms with E-state index in [1.165, 1.54) is 17.7 Å². The summed E-state index contributed by atoms with van der Waals surface area (Å²) in [6.45, 7) is 9.17. The second kappa shape index (κ2) is 4.78. The molecule has 5 nitrogen and oxygen atoms in total. The molecule has 5 heteroatoms. The maximum atomic E-state index is 12.4. The number of carbonyl (C=O) groups excluding carboxylic acids is 2. The number of rotatable bonds is 5. The molecular weight excluding hydrogens is 244 g/mol. The summed E-state index contributed by atoms with van der Waals surface area (Å²) in [5, 5.41) is 2.81. The summed E-state index contributed by atoms with van der Waals surface area (Å²) in [6, 6.07) is -0.308. The lowest BCUT2D eigenvalue weighted by atomic mass is 9.75. The minimum Gasteiger partial charge on any atom is -0.379 e. The van der Waals surface area contributed by atoms with E-state index in [-0.39, 0.29) is 17.4 Å². The van der Waals surface area contributed by atoms with Gasteiger partial charge >= 0.3 is 6.03 Å². The van der Waals surface area contributed by atoms with Crippen LogP contribution in [0.4, 0.5) is 4.79 Å². The molecule has 1 atom stereocenters. The first-order valence-corrected chi connectivity index (χ1v) is 6.97. The van der Waals surface area contributed by atoms with Gasteiger partial charge in [-0.15, -0.1) is 0 Å². The van der Waals surface area contributed by atoms with E-state index in [2.05, 4.69) is 5.32 Å². The Bertz CT molecular complexity index is 385. The molecule has 1 heterocycles. The van der Waals surface area contributed by atoms with Gasteiger partial charge in [-0.05, 0) is 31.1 Å². The third-order valence-electron chi connectivity index (χ3n) is 4.28. The average Bonchev–Trinajstić information content (AvgIpc) is 3.06. The van der Waals surface area contributed by atoms with Gasteiger partial charge in [0.25, 0.3) is 5.91 Å². The lowest BCUT2D eigenvalue weighted by Crippen LogP contribution is -2.54. The molecule has 0 radical (unpaired) electrons. The molecule has 1 N–H and O–H groups in total. The molecule has 0 aromatic heterocycles. The molecule has 1 saturated heterocycles. The first-order valence-electron chi connectivity index (χ1n) is 6.97. The fraction of sp³-hybridized carbons (Fsp3) is 0.857. The minimum atomic E-state index is -0.833. The minimum absolute atomic E-state index is 0.153. The highest BCUT2D eigenvalue weighted by atomic mass is 16.5. The average molecular weight is 268 g/mol. The quantitative estimate of drug-likeness (QED) is 0.610. The summed E-state index contributed by atoms with van der Waals surface area (Å²) in [5.74, 6) is 0.544. The highest BCUT2D eigenvalue weighted by Gasteiger charge is 2.54. The highest BCUT2D eigenvalue weighted by Crippen LogP contribution is 2.35. The Labute approximate surface area is 114 Å². The number of hydrogen-bond donors (Lipinski definition) is 1.